The van der Waals surface area contributed by atoms with E-state index in [1.807, 2.05) is 26.8 Å². The summed E-state index contributed by atoms with van der Waals surface area (Å²) < 4.78 is 6.90. The number of nitrogens with one attached hydrogen (secondary N) is 1. The molecule has 1 heterocycles. The molecule has 2 aromatic carbocycles. The number of halogens is 2. The summed E-state index contributed by atoms with van der Waals surface area (Å²) in [5.74, 6) is -0.787. The van der Waals surface area contributed by atoms with E-state index in [9.17, 15) is 14.4 Å². The maximum Gasteiger partial charge on any atom is 0.335 e. The lowest BCUT2D eigenvalue weighted by atomic mass is 10.1. The van der Waals surface area contributed by atoms with Crippen LogP contribution in [0.5, 0.6) is 5.75 Å². The van der Waals surface area contributed by atoms with Crippen LogP contribution in [0.1, 0.15) is 23.6 Å². The third-order valence-corrected chi connectivity index (χ3v) is 5.65. The number of ether oxygens (including phenoxy) is 1. The first kappa shape index (κ1) is 21.3. The lowest BCUT2D eigenvalue weighted by Crippen LogP contribution is -2.54. The zero-order valence-corrected chi connectivity index (χ0v) is 19.2. The van der Waals surface area contributed by atoms with Crippen LogP contribution in [0.25, 0.3) is 6.08 Å². The number of carbonyl (C=O) groups excluding carboxylic acids is 3. The number of barbiturate groups is 1. The fourth-order valence-electron chi connectivity index (χ4n) is 2.87. The molecular formula is C21H18Br2N2O4. The van der Waals surface area contributed by atoms with Crippen molar-refractivity contribution in [1.82, 2.24) is 5.32 Å². The molecule has 1 aliphatic rings. The van der Waals surface area contributed by atoms with Gasteiger partial charge in [-0.25, -0.2) is 9.69 Å². The monoisotopic (exact) mass is 520 g/mol. The van der Waals surface area contributed by atoms with Crippen molar-refractivity contribution >= 4 is 61.5 Å². The van der Waals surface area contributed by atoms with Gasteiger partial charge in [0.15, 0.2) is 0 Å². The first-order valence-corrected chi connectivity index (χ1v) is 10.4. The van der Waals surface area contributed by atoms with Crippen LogP contribution in [-0.2, 0) is 9.59 Å². The highest BCUT2D eigenvalue weighted by Gasteiger charge is 2.37. The fourth-order valence-corrected chi connectivity index (χ4v) is 4.32. The lowest BCUT2D eigenvalue weighted by Gasteiger charge is -2.27. The zero-order chi connectivity index (χ0) is 21.3. The summed E-state index contributed by atoms with van der Waals surface area (Å²) in [5, 5.41) is 2.23. The fraction of sp³-hybridized carbons (Fsp3) is 0.190. The van der Waals surface area contributed by atoms with Gasteiger partial charge in [-0.3, -0.25) is 14.9 Å². The number of nitrogens with zero attached hydrogens (tertiary/aromatic N) is 1. The molecule has 0 unspecified atom stereocenters. The zero-order valence-electron chi connectivity index (χ0n) is 16.0. The molecule has 8 heteroatoms. The van der Waals surface area contributed by atoms with Gasteiger partial charge < -0.3 is 4.74 Å². The Kier molecular flexibility index (Phi) is 6.24. The number of imide groups is 2. The smallest absolute Gasteiger partial charge is 0.335 e. The highest BCUT2D eigenvalue weighted by Crippen LogP contribution is 2.35. The molecular weight excluding hydrogens is 504 g/mol. The number of amides is 4. The molecule has 29 heavy (non-hydrogen) atoms. The van der Waals surface area contributed by atoms with Crippen LogP contribution in [0, 0.1) is 13.8 Å². The number of hydrogen-bond acceptors (Lipinski definition) is 4. The van der Waals surface area contributed by atoms with Gasteiger partial charge >= 0.3 is 6.03 Å². The van der Waals surface area contributed by atoms with E-state index < -0.39 is 17.8 Å². The largest absolute Gasteiger partial charge is 0.492 e. The van der Waals surface area contributed by atoms with Gasteiger partial charge in [-0.1, -0.05) is 6.07 Å². The molecule has 6 nitrogen and oxygen atoms in total. The molecule has 1 N–H and O–H groups in total. The summed E-state index contributed by atoms with van der Waals surface area (Å²) in [6.07, 6.45) is 1.45. The Bertz CT molecular complexity index is 1040. The maximum absolute atomic E-state index is 13.0. The number of aryl methyl sites for hydroxylation is 2. The molecule has 0 atom stereocenters. The minimum atomic E-state index is -0.769. The summed E-state index contributed by atoms with van der Waals surface area (Å²) in [5.41, 5.74) is 2.84. The quantitative estimate of drug-likeness (QED) is 0.459. The van der Waals surface area contributed by atoms with Crippen LogP contribution in [0.4, 0.5) is 10.5 Å². The van der Waals surface area contributed by atoms with E-state index in [0.29, 0.717) is 32.6 Å². The van der Waals surface area contributed by atoms with Gasteiger partial charge in [-0.05, 0) is 99.7 Å². The average Bonchev–Trinajstić information content (AvgIpc) is 2.64. The topological polar surface area (TPSA) is 75.7 Å². The van der Waals surface area contributed by atoms with Crippen molar-refractivity contribution in [1.29, 1.82) is 0 Å². The van der Waals surface area contributed by atoms with Crippen molar-refractivity contribution < 1.29 is 19.1 Å². The Morgan fingerprint density at radius 3 is 2.28 bits per heavy atom. The number of urea groups is 1. The number of anilines is 1. The lowest BCUT2D eigenvalue weighted by molar-refractivity contribution is -0.122. The van der Waals surface area contributed by atoms with Crippen LogP contribution in [0.2, 0.25) is 0 Å². The number of hydrogen-bond donors (Lipinski definition) is 1. The Morgan fingerprint density at radius 1 is 1.03 bits per heavy atom. The van der Waals surface area contributed by atoms with E-state index in [1.165, 1.54) is 6.08 Å². The third kappa shape index (κ3) is 4.28. The van der Waals surface area contributed by atoms with Crippen LogP contribution in [0.3, 0.4) is 0 Å². The van der Waals surface area contributed by atoms with Crippen molar-refractivity contribution in [3.8, 4) is 5.75 Å². The van der Waals surface area contributed by atoms with Crippen molar-refractivity contribution in [3.05, 3.63) is 61.5 Å². The first-order chi connectivity index (χ1) is 13.7. The highest BCUT2D eigenvalue weighted by atomic mass is 79.9. The molecule has 150 valence electrons. The van der Waals surface area contributed by atoms with Crippen LogP contribution in [-0.4, -0.2) is 24.5 Å². The molecule has 0 bridgehead atoms. The second kappa shape index (κ2) is 8.51. The highest BCUT2D eigenvalue weighted by molar-refractivity contribution is 9.11. The Balaban J connectivity index is 2.02. The predicted molar refractivity (Wildman–Crippen MR) is 118 cm³/mol. The Hall–Kier alpha value is -2.45. The van der Waals surface area contributed by atoms with Crippen molar-refractivity contribution in [2.24, 2.45) is 0 Å². The third-order valence-electron chi connectivity index (χ3n) is 4.47. The van der Waals surface area contributed by atoms with Crippen LogP contribution >= 0.6 is 31.9 Å². The molecule has 0 spiro atoms. The summed E-state index contributed by atoms with van der Waals surface area (Å²) in [6.45, 7) is 6.19. The molecule has 3 rings (SSSR count). The molecule has 0 saturated carbocycles. The van der Waals surface area contributed by atoms with Gasteiger partial charge in [0.1, 0.15) is 11.3 Å². The summed E-state index contributed by atoms with van der Waals surface area (Å²) in [4.78, 5) is 38.7. The van der Waals surface area contributed by atoms with Gasteiger partial charge in [0.25, 0.3) is 11.8 Å². The SMILES string of the molecule is CCOc1c(Br)cc(/C=C2\C(=O)NC(=O)N(c3ccc(C)c(C)c3)C2=O)cc1Br. The van der Waals surface area contributed by atoms with Gasteiger partial charge in [0.05, 0.1) is 21.2 Å². The number of rotatable bonds is 4. The number of carbonyl (C=O) groups is 3. The Labute approximate surface area is 185 Å². The van der Waals surface area contributed by atoms with Crippen molar-refractivity contribution in [2.75, 3.05) is 11.5 Å². The first-order valence-electron chi connectivity index (χ1n) is 8.83. The molecule has 0 aromatic heterocycles. The maximum atomic E-state index is 13.0. The molecule has 2 aromatic rings. The Morgan fingerprint density at radius 2 is 1.69 bits per heavy atom. The van der Waals surface area contributed by atoms with Gasteiger partial charge in [0, 0.05) is 0 Å². The van der Waals surface area contributed by atoms with Crippen LogP contribution < -0.4 is 15.0 Å². The van der Waals surface area contributed by atoms with E-state index in [0.717, 1.165) is 16.0 Å². The number of benzene rings is 2. The van der Waals surface area contributed by atoms with E-state index in [1.54, 1.807) is 24.3 Å². The van der Waals surface area contributed by atoms with E-state index in [4.69, 9.17) is 4.74 Å². The summed E-state index contributed by atoms with van der Waals surface area (Å²) in [7, 11) is 0. The molecule has 1 aliphatic heterocycles. The summed E-state index contributed by atoms with van der Waals surface area (Å²) >= 11 is 6.87. The average molecular weight is 522 g/mol. The van der Waals surface area contributed by atoms with Gasteiger partial charge in [-0.2, -0.15) is 0 Å². The second-order valence-corrected chi connectivity index (χ2v) is 8.18. The minimum absolute atomic E-state index is 0.134. The van der Waals surface area contributed by atoms with Crippen LogP contribution in [0.15, 0.2) is 44.9 Å². The van der Waals surface area contributed by atoms with Crippen molar-refractivity contribution in [3.63, 3.8) is 0 Å². The molecule has 1 saturated heterocycles. The predicted octanol–water partition coefficient (Wildman–Crippen LogP) is 4.89. The second-order valence-electron chi connectivity index (χ2n) is 6.47. The minimum Gasteiger partial charge on any atom is -0.492 e. The van der Waals surface area contributed by atoms with E-state index >= 15 is 0 Å². The molecule has 0 radical (unpaired) electrons. The molecule has 1 fully saturated rings. The van der Waals surface area contributed by atoms with E-state index in [-0.39, 0.29) is 5.57 Å². The molecule has 0 aliphatic carbocycles. The standard InChI is InChI=1S/C21H18Br2N2O4/c1-4-29-18-16(22)9-13(10-17(18)23)8-15-19(26)24-21(28)25(20(15)27)14-6-5-11(2)12(3)7-14/h5-10H,4H2,1-3H3,(H,24,26,28)/b15-8+. The van der Waals surface area contributed by atoms with Crippen molar-refractivity contribution in [2.45, 2.75) is 20.8 Å². The van der Waals surface area contributed by atoms with E-state index in [2.05, 4.69) is 37.2 Å². The van der Waals surface area contributed by atoms with Gasteiger partial charge in [-0.15, -0.1) is 0 Å². The molecule has 4 amide bonds. The normalized spacial score (nSPS) is 15.7. The van der Waals surface area contributed by atoms with Gasteiger partial charge in [0.2, 0.25) is 0 Å². The summed E-state index contributed by atoms with van der Waals surface area (Å²) in [6, 6.07) is 7.95.